The molecule has 18 heavy (non-hydrogen) atoms. The van der Waals surface area contributed by atoms with Crippen molar-refractivity contribution in [3.05, 3.63) is 71.5 Å². The summed E-state index contributed by atoms with van der Waals surface area (Å²) in [6, 6.07) is 17.0. The second-order valence-electron chi connectivity index (χ2n) is 3.77. The zero-order valence-electron chi connectivity index (χ0n) is 9.60. The fourth-order valence-electron chi connectivity index (χ4n) is 1.66. The molecular weight excluding hydrogens is 227 g/mol. The number of benzene rings is 2. The molecule has 2 N–H and O–H groups in total. The van der Waals surface area contributed by atoms with Crippen LogP contribution in [-0.2, 0) is 0 Å². The molecule has 0 saturated carbocycles. The van der Waals surface area contributed by atoms with Crippen molar-refractivity contribution in [1.29, 1.82) is 5.26 Å². The molecule has 3 heteroatoms. The van der Waals surface area contributed by atoms with Crippen LogP contribution in [0.5, 0.6) is 0 Å². The molecule has 88 valence electrons. The molecule has 2 rings (SSSR count). The third-order valence-corrected chi connectivity index (χ3v) is 2.60. The first kappa shape index (κ1) is 11.9. The second-order valence-corrected chi connectivity index (χ2v) is 3.77. The summed E-state index contributed by atoms with van der Waals surface area (Å²) in [4.78, 5) is 0. The van der Waals surface area contributed by atoms with E-state index in [9.17, 15) is 9.65 Å². The van der Waals surface area contributed by atoms with Gasteiger partial charge in [-0.1, -0.05) is 30.3 Å². The van der Waals surface area contributed by atoms with Gasteiger partial charge in [0.2, 0.25) is 0 Å². The molecule has 2 nitrogen and oxygen atoms in total. The van der Waals surface area contributed by atoms with Crippen LogP contribution in [0.3, 0.4) is 0 Å². The zero-order valence-corrected chi connectivity index (χ0v) is 9.60. The predicted molar refractivity (Wildman–Crippen MR) is 69.5 cm³/mol. The lowest BCUT2D eigenvalue weighted by Crippen LogP contribution is -2.00. The highest BCUT2D eigenvalue weighted by molar-refractivity contribution is 5.95. The van der Waals surface area contributed by atoms with Gasteiger partial charge in [0.1, 0.15) is 11.9 Å². The maximum atomic E-state index is 12.8. The summed E-state index contributed by atoms with van der Waals surface area (Å²) in [5.74, 6) is -0.329. The molecule has 2 aromatic rings. The van der Waals surface area contributed by atoms with E-state index in [1.807, 2.05) is 30.3 Å². The second kappa shape index (κ2) is 5.15. The molecule has 0 aliphatic carbocycles. The summed E-state index contributed by atoms with van der Waals surface area (Å²) in [7, 11) is 0. The average molecular weight is 238 g/mol. The van der Waals surface area contributed by atoms with E-state index in [0.29, 0.717) is 16.8 Å². The van der Waals surface area contributed by atoms with E-state index in [-0.39, 0.29) is 5.82 Å². The molecule has 2 aromatic carbocycles. The van der Waals surface area contributed by atoms with Crippen LogP contribution in [-0.4, -0.2) is 0 Å². The van der Waals surface area contributed by atoms with Gasteiger partial charge in [-0.2, -0.15) is 5.26 Å². The first-order chi connectivity index (χ1) is 8.72. The SMILES string of the molecule is N#C/C(=C(/N)c1ccc(F)cc1)c1ccccc1. The normalized spacial score (nSPS) is 11.6. The number of nitrogens with two attached hydrogens (primary N) is 1. The van der Waals surface area contributed by atoms with Gasteiger partial charge < -0.3 is 5.73 Å². The van der Waals surface area contributed by atoms with Gasteiger partial charge >= 0.3 is 0 Å². The Balaban J connectivity index is 2.51. The van der Waals surface area contributed by atoms with E-state index in [4.69, 9.17) is 5.73 Å². The Kier molecular flexibility index (Phi) is 3.40. The minimum absolute atomic E-state index is 0.329. The fraction of sp³-hybridized carbons (Fsp3) is 0. The van der Waals surface area contributed by atoms with E-state index >= 15 is 0 Å². The maximum Gasteiger partial charge on any atom is 0.123 e. The van der Waals surface area contributed by atoms with Crippen LogP contribution in [0.2, 0.25) is 0 Å². The van der Waals surface area contributed by atoms with E-state index < -0.39 is 0 Å². The van der Waals surface area contributed by atoms with E-state index in [0.717, 1.165) is 5.56 Å². The smallest absolute Gasteiger partial charge is 0.123 e. The quantitative estimate of drug-likeness (QED) is 0.645. The van der Waals surface area contributed by atoms with Crippen LogP contribution in [0, 0.1) is 17.1 Å². The lowest BCUT2D eigenvalue weighted by atomic mass is 10.0. The van der Waals surface area contributed by atoms with E-state index in [1.165, 1.54) is 12.1 Å². The lowest BCUT2D eigenvalue weighted by Gasteiger charge is -2.06. The number of hydrogen-bond acceptors (Lipinski definition) is 2. The standard InChI is InChI=1S/C15H11FN2/c16-13-8-6-12(7-9-13)15(18)14(10-17)11-4-2-1-3-5-11/h1-9H,18H2/b15-14-. The summed E-state index contributed by atoms with van der Waals surface area (Å²) < 4.78 is 12.8. The molecule has 0 heterocycles. The molecular formula is C15H11FN2. The Labute approximate surface area is 105 Å². The number of halogens is 1. The average Bonchev–Trinajstić information content (AvgIpc) is 2.41. The highest BCUT2D eigenvalue weighted by Gasteiger charge is 2.07. The van der Waals surface area contributed by atoms with Gasteiger partial charge in [-0.15, -0.1) is 0 Å². The summed E-state index contributed by atoms with van der Waals surface area (Å²) in [5, 5.41) is 9.20. The lowest BCUT2D eigenvalue weighted by molar-refractivity contribution is 0.627. The van der Waals surface area contributed by atoms with Crippen LogP contribution in [0.4, 0.5) is 4.39 Å². The third-order valence-electron chi connectivity index (χ3n) is 2.60. The van der Waals surface area contributed by atoms with Gasteiger partial charge in [0.25, 0.3) is 0 Å². The summed E-state index contributed by atoms with van der Waals surface area (Å²) in [6.45, 7) is 0. The molecule has 0 unspecified atom stereocenters. The predicted octanol–water partition coefficient (Wildman–Crippen LogP) is 3.18. The highest BCUT2D eigenvalue weighted by Crippen LogP contribution is 2.22. The van der Waals surface area contributed by atoms with Gasteiger partial charge in [-0.05, 0) is 35.4 Å². The van der Waals surface area contributed by atoms with Crippen molar-refractivity contribution in [2.75, 3.05) is 0 Å². The minimum Gasteiger partial charge on any atom is -0.397 e. The van der Waals surface area contributed by atoms with Crippen molar-refractivity contribution >= 4 is 11.3 Å². The van der Waals surface area contributed by atoms with Gasteiger partial charge in [0, 0.05) is 0 Å². The largest absolute Gasteiger partial charge is 0.397 e. The molecule has 0 radical (unpaired) electrons. The molecule has 0 bridgehead atoms. The number of hydrogen-bond donors (Lipinski definition) is 1. The van der Waals surface area contributed by atoms with Crippen LogP contribution in [0.1, 0.15) is 11.1 Å². The van der Waals surface area contributed by atoms with Crippen molar-refractivity contribution < 1.29 is 4.39 Å². The van der Waals surface area contributed by atoms with Gasteiger partial charge in [-0.3, -0.25) is 0 Å². The Morgan fingerprint density at radius 2 is 1.56 bits per heavy atom. The molecule has 0 spiro atoms. The highest BCUT2D eigenvalue weighted by atomic mass is 19.1. The number of nitrogens with zero attached hydrogens (tertiary/aromatic N) is 1. The Hall–Kier alpha value is -2.60. The fourth-order valence-corrected chi connectivity index (χ4v) is 1.66. The summed E-state index contributed by atoms with van der Waals surface area (Å²) in [5.41, 5.74) is 8.10. The third kappa shape index (κ3) is 2.38. The van der Waals surface area contributed by atoms with Crippen molar-refractivity contribution in [3.8, 4) is 6.07 Å². The number of nitriles is 1. The van der Waals surface area contributed by atoms with Crippen molar-refractivity contribution in [2.45, 2.75) is 0 Å². The first-order valence-electron chi connectivity index (χ1n) is 5.43. The molecule has 0 amide bonds. The van der Waals surface area contributed by atoms with Gasteiger partial charge in [0.15, 0.2) is 0 Å². The summed E-state index contributed by atoms with van der Waals surface area (Å²) in [6.07, 6.45) is 0. The topological polar surface area (TPSA) is 49.8 Å². The van der Waals surface area contributed by atoms with Crippen LogP contribution in [0.25, 0.3) is 11.3 Å². The molecule has 0 fully saturated rings. The molecule has 0 aliphatic heterocycles. The van der Waals surface area contributed by atoms with E-state index in [2.05, 4.69) is 6.07 Å². The minimum atomic E-state index is -0.329. The van der Waals surface area contributed by atoms with Gasteiger partial charge in [0.05, 0.1) is 11.3 Å². The molecule has 0 saturated heterocycles. The number of allylic oxidation sites excluding steroid dienone is 1. The van der Waals surface area contributed by atoms with Crippen molar-refractivity contribution in [1.82, 2.24) is 0 Å². The van der Waals surface area contributed by atoms with Crippen LogP contribution < -0.4 is 5.73 Å². The van der Waals surface area contributed by atoms with Crippen LogP contribution >= 0.6 is 0 Å². The molecule has 0 aliphatic rings. The number of rotatable bonds is 2. The van der Waals surface area contributed by atoms with Gasteiger partial charge in [-0.25, -0.2) is 4.39 Å². The molecule has 0 aromatic heterocycles. The molecule has 0 atom stereocenters. The van der Waals surface area contributed by atoms with E-state index in [1.54, 1.807) is 12.1 Å². The van der Waals surface area contributed by atoms with Crippen molar-refractivity contribution in [3.63, 3.8) is 0 Å². The first-order valence-corrected chi connectivity index (χ1v) is 5.43. The Bertz CT molecular complexity index is 607. The Morgan fingerprint density at radius 3 is 2.11 bits per heavy atom. The maximum absolute atomic E-state index is 12.8. The monoisotopic (exact) mass is 238 g/mol. The zero-order chi connectivity index (χ0) is 13.0. The summed E-state index contributed by atoms with van der Waals surface area (Å²) >= 11 is 0. The van der Waals surface area contributed by atoms with Crippen LogP contribution in [0.15, 0.2) is 54.6 Å². The Morgan fingerprint density at radius 1 is 0.944 bits per heavy atom. The van der Waals surface area contributed by atoms with Crippen molar-refractivity contribution in [2.24, 2.45) is 5.73 Å².